The smallest absolute Gasteiger partial charge is 0.0205 e. The third kappa shape index (κ3) is 3.35. The highest BCUT2D eigenvalue weighted by Gasteiger charge is 2.01. The lowest BCUT2D eigenvalue weighted by molar-refractivity contribution is 0.811. The van der Waals surface area contributed by atoms with Crippen LogP contribution in [0.5, 0.6) is 0 Å². The lowest BCUT2D eigenvalue weighted by atomic mass is 10.1. The van der Waals surface area contributed by atoms with Gasteiger partial charge >= 0.3 is 0 Å². The highest BCUT2D eigenvalue weighted by atomic mass is 32.2. The first-order valence-corrected chi connectivity index (χ1v) is 5.92. The number of hydrogen-bond donors (Lipinski definition) is 1. The summed E-state index contributed by atoms with van der Waals surface area (Å²) < 4.78 is 0. The molecule has 0 aromatic heterocycles. The molecule has 1 aromatic carbocycles. The van der Waals surface area contributed by atoms with E-state index < -0.39 is 0 Å². The van der Waals surface area contributed by atoms with Gasteiger partial charge in [0.15, 0.2) is 0 Å². The van der Waals surface area contributed by atoms with Crippen molar-refractivity contribution in [2.45, 2.75) is 37.5 Å². The summed E-state index contributed by atoms with van der Waals surface area (Å²) in [5.74, 6) is 0. The molecule has 0 saturated heterocycles. The van der Waals surface area contributed by atoms with E-state index in [1.807, 2.05) is 18.8 Å². The van der Waals surface area contributed by atoms with Gasteiger partial charge in [-0.25, -0.2) is 0 Å². The lowest BCUT2D eigenvalue weighted by Crippen LogP contribution is -2.06. The number of thioether (sulfide) groups is 1. The summed E-state index contributed by atoms with van der Waals surface area (Å²) in [5, 5.41) is 3.84. The molecule has 0 aliphatic carbocycles. The molecule has 14 heavy (non-hydrogen) atoms. The van der Waals surface area contributed by atoms with E-state index in [0.29, 0.717) is 5.25 Å². The summed E-state index contributed by atoms with van der Waals surface area (Å²) in [6.07, 6.45) is 0. The quantitative estimate of drug-likeness (QED) is 0.764. The second-order valence-electron chi connectivity index (χ2n) is 3.79. The van der Waals surface area contributed by atoms with Gasteiger partial charge in [-0.15, -0.1) is 11.8 Å². The van der Waals surface area contributed by atoms with Crippen LogP contribution in [0, 0.1) is 6.92 Å². The van der Waals surface area contributed by atoms with Gasteiger partial charge < -0.3 is 5.32 Å². The lowest BCUT2D eigenvalue weighted by Gasteiger charge is -2.09. The van der Waals surface area contributed by atoms with Crippen LogP contribution in [-0.4, -0.2) is 12.3 Å². The zero-order valence-electron chi connectivity index (χ0n) is 9.42. The van der Waals surface area contributed by atoms with Crippen LogP contribution in [0.3, 0.4) is 0 Å². The maximum Gasteiger partial charge on any atom is 0.0205 e. The van der Waals surface area contributed by atoms with Gasteiger partial charge in [-0.2, -0.15) is 0 Å². The van der Waals surface area contributed by atoms with Crippen LogP contribution < -0.4 is 5.32 Å². The second-order valence-corrected chi connectivity index (χ2v) is 5.44. The number of benzene rings is 1. The van der Waals surface area contributed by atoms with Crippen LogP contribution in [0.25, 0.3) is 0 Å². The molecule has 0 atom stereocenters. The van der Waals surface area contributed by atoms with E-state index in [-0.39, 0.29) is 0 Å². The van der Waals surface area contributed by atoms with E-state index >= 15 is 0 Å². The van der Waals surface area contributed by atoms with Crippen LogP contribution in [-0.2, 0) is 6.54 Å². The van der Waals surface area contributed by atoms with Crippen molar-refractivity contribution in [3.8, 4) is 0 Å². The molecule has 0 radical (unpaired) electrons. The fourth-order valence-corrected chi connectivity index (χ4v) is 2.34. The minimum atomic E-state index is 0.657. The molecule has 0 bridgehead atoms. The Kier molecular flexibility index (Phi) is 4.49. The number of hydrogen-bond acceptors (Lipinski definition) is 2. The molecule has 0 aliphatic heterocycles. The third-order valence-corrected chi connectivity index (χ3v) is 3.05. The van der Waals surface area contributed by atoms with Crippen LogP contribution in [0.15, 0.2) is 23.1 Å². The van der Waals surface area contributed by atoms with Crippen molar-refractivity contribution >= 4 is 11.8 Å². The average molecular weight is 209 g/mol. The zero-order valence-corrected chi connectivity index (χ0v) is 10.2. The van der Waals surface area contributed by atoms with E-state index in [9.17, 15) is 0 Å². The van der Waals surface area contributed by atoms with Gasteiger partial charge in [-0.05, 0) is 37.2 Å². The second kappa shape index (κ2) is 5.42. The van der Waals surface area contributed by atoms with Crippen LogP contribution in [0.2, 0.25) is 0 Å². The SMILES string of the molecule is CNCc1ccc(SC(C)C)cc1C. The van der Waals surface area contributed by atoms with E-state index in [2.05, 4.69) is 44.3 Å². The summed E-state index contributed by atoms with van der Waals surface area (Å²) in [6, 6.07) is 6.71. The maximum absolute atomic E-state index is 3.18. The summed E-state index contributed by atoms with van der Waals surface area (Å²) >= 11 is 1.92. The van der Waals surface area contributed by atoms with Crippen molar-refractivity contribution in [2.75, 3.05) is 7.05 Å². The fourth-order valence-electron chi connectivity index (χ4n) is 1.40. The Morgan fingerprint density at radius 1 is 1.36 bits per heavy atom. The molecule has 0 fully saturated rings. The molecule has 2 heteroatoms. The molecular weight excluding hydrogens is 190 g/mol. The minimum absolute atomic E-state index is 0.657. The van der Waals surface area contributed by atoms with Gasteiger partial charge in [0.2, 0.25) is 0 Å². The predicted molar refractivity (Wildman–Crippen MR) is 64.9 cm³/mol. The van der Waals surface area contributed by atoms with E-state index in [1.165, 1.54) is 16.0 Å². The Labute approximate surface area is 91.3 Å². The van der Waals surface area contributed by atoms with Gasteiger partial charge in [0.05, 0.1) is 0 Å². The van der Waals surface area contributed by atoms with Crippen molar-refractivity contribution in [2.24, 2.45) is 0 Å². The topological polar surface area (TPSA) is 12.0 Å². The van der Waals surface area contributed by atoms with Gasteiger partial charge in [0.25, 0.3) is 0 Å². The van der Waals surface area contributed by atoms with Gasteiger partial charge in [0, 0.05) is 16.7 Å². The molecule has 1 aromatic rings. The van der Waals surface area contributed by atoms with Crippen molar-refractivity contribution < 1.29 is 0 Å². The van der Waals surface area contributed by atoms with E-state index in [0.717, 1.165) is 6.54 Å². The summed E-state index contributed by atoms with van der Waals surface area (Å²) in [5.41, 5.74) is 2.77. The Balaban J connectivity index is 2.78. The fraction of sp³-hybridized carbons (Fsp3) is 0.500. The van der Waals surface area contributed by atoms with Crippen LogP contribution in [0.1, 0.15) is 25.0 Å². The summed E-state index contributed by atoms with van der Waals surface area (Å²) in [6.45, 7) is 7.58. The molecule has 0 aliphatic rings. The van der Waals surface area contributed by atoms with Crippen LogP contribution >= 0.6 is 11.8 Å². The highest BCUT2D eigenvalue weighted by Crippen LogP contribution is 2.24. The Morgan fingerprint density at radius 3 is 2.57 bits per heavy atom. The molecule has 1 nitrogen and oxygen atoms in total. The summed E-state index contributed by atoms with van der Waals surface area (Å²) in [4.78, 5) is 1.37. The monoisotopic (exact) mass is 209 g/mol. The first-order chi connectivity index (χ1) is 6.63. The molecule has 1 N–H and O–H groups in total. The number of rotatable bonds is 4. The minimum Gasteiger partial charge on any atom is -0.316 e. The molecule has 0 saturated carbocycles. The zero-order chi connectivity index (χ0) is 10.6. The van der Waals surface area contributed by atoms with Crippen molar-refractivity contribution in [1.82, 2.24) is 5.32 Å². The number of nitrogens with one attached hydrogen (secondary N) is 1. The maximum atomic E-state index is 3.18. The molecule has 0 unspecified atom stereocenters. The Bertz CT molecular complexity index is 294. The molecule has 0 spiro atoms. The molecule has 0 amide bonds. The van der Waals surface area contributed by atoms with Gasteiger partial charge in [-0.1, -0.05) is 19.9 Å². The van der Waals surface area contributed by atoms with Crippen molar-refractivity contribution in [3.63, 3.8) is 0 Å². The van der Waals surface area contributed by atoms with Gasteiger partial charge in [0.1, 0.15) is 0 Å². The first-order valence-electron chi connectivity index (χ1n) is 5.04. The highest BCUT2D eigenvalue weighted by molar-refractivity contribution is 7.99. The average Bonchev–Trinajstić information content (AvgIpc) is 2.09. The normalized spacial score (nSPS) is 10.9. The van der Waals surface area contributed by atoms with Crippen molar-refractivity contribution in [3.05, 3.63) is 29.3 Å². The van der Waals surface area contributed by atoms with Crippen LogP contribution in [0.4, 0.5) is 0 Å². The molecule has 1 rings (SSSR count). The number of aryl methyl sites for hydroxylation is 1. The first kappa shape index (κ1) is 11.6. The molecule has 0 heterocycles. The van der Waals surface area contributed by atoms with Crippen molar-refractivity contribution in [1.29, 1.82) is 0 Å². The molecule has 78 valence electrons. The molecular formula is C12H19NS. The largest absolute Gasteiger partial charge is 0.316 e. The van der Waals surface area contributed by atoms with E-state index in [1.54, 1.807) is 0 Å². The standard InChI is InChI=1S/C12H19NS/c1-9(2)14-12-6-5-11(8-13-4)10(3)7-12/h5-7,9,13H,8H2,1-4H3. The predicted octanol–water partition coefficient (Wildman–Crippen LogP) is 3.21. The van der Waals surface area contributed by atoms with E-state index in [4.69, 9.17) is 0 Å². The Hall–Kier alpha value is -0.470. The summed E-state index contributed by atoms with van der Waals surface area (Å²) in [7, 11) is 1.98. The third-order valence-electron chi connectivity index (χ3n) is 2.05. The Morgan fingerprint density at radius 2 is 2.07 bits per heavy atom. The van der Waals surface area contributed by atoms with Gasteiger partial charge in [-0.3, -0.25) is 0 Å².